The summed E-state index contributed by atoms with van der Waals surface area (Å²) in [5.41, 5.74) is 16.3. The Bertz CT molecular complexity index is 350. The molecule has 6 N–H and O–H groups in total. The van der Waals surface area contributed by atoms with Crippen molar-refractivity contribution in [2.45, 2.75) is 32.2 Å². The van der Waals surface area contributed by atoms with Gasteiger partial charge in [-0.25, -0.2) is 0 Å². The highest BCUT2D eigenvalue weighted by molar-refractivity contribution is 5.81. The number of primary amides is 2. The highest BCUT2D eigenvalue weighted by Crippen LogP contribution is 2.00. The molecule has 2 amide bonds. The van der Waals surface area contributed by atoms with Crippen molar-refractivity contribution in [2.75, 3.05) is 0 Å². The van der Waals surface area contributed by atoms with Gasteiger partial charge in [-0.15, -0.1) is 0 Å². The van der Waals surface area contributed by atoms with Gasteiger partial charge in [-0.1, -0.05) is 30.3 Å². The lowest BCUT2D eigenvalue weighted by atomic mass is 10.1. The predicted molar refractivity (Wildman–Crippen MR) is 71.4 cm³/mol. The van der Waals surface area contributed by atoms with Gasteiger partial charge in [0, 0.05) is 18.9 Å². The summed E-state index contributed by atoms with van der Waals surface area (Å²) in [6.07, 6.45) is 1.07. The number of carbonyl (C=O) groups is 2. The van der Waals surface area contributed by atoms with Crippen LogP contribution in [-0.2, 0) is 16.0 Å². The molecule has 18 heavy (non-hydrogen) atoms. The Balaban J connectivity index is 0.000000331. The van der Waals surface area contributed by atoms with E-state index >= 15 is 0 Å². The van der Waals surface area contributed by atoms with E-state index < -0.39 is 11.8 Å². The fraction of sp³-hybridized carbons (Fsp3) is 0.385. The molecule has 0 aliphatic rings. The van der Waals surface area contributed by atoms with Crippen LogP contribution in [0.5, 0.6) is 0 Å². The Labute approximate surface area is 107 Å². The molecule has 0 spiro atoms. The van der Waals surface area contributed by atoms with Crippen molar-refractivity contribution in [1.82, 2.24) is 0 Å². The maximum Gasteiger partial charge on any atom is 0.217 e. The highest BCUT2D eigenvalue weighted by atomic mass is 16.2. The van der Waals surface area contributed by atoms with E-state index in [0.717, 1.165) is 6.42 Å². The molecule has 0 fully saturated rings. The Morgan fingerprint density at radius 1 is 1.06 bits per heavy atom. The first kappa shape index (κ1) is 16.1. The average molecular weight is 251 g/mol. The smallest absolute Gasteiger partial charge is 0.217 e. The Morgan fingerprint density at radius 2 is 1.50 bits per heavy atom. The van der Waals surface area contributed by atoms with Crippen molar-refractivity contribution in [3.8, 4) is 0 Å². The average Bonchev–Trinajstić information content (AvgIpc) is 2.28. The van der Waals surface area contributed by atoms with Crippen LogP contribution in [0.3, 0.4) is 0 Å². The third-order valence-corrected chi connectivity index (χ3v) is 2.02. The summed E-state index contributed by atoms with van der Waals surface area (Å²) in [5, 5.41) is 0. The molecule has 0 aromatic heterocycles. The second-order valence-corrected chi connectivity index (χ2v) is 4.10. The zero-order valence-electron chi connectivity index (χ0n) is 10.6. The van der Waals surface area contributed by atoms with Crippen LogP contribution in [0.15, 0.2) is 30.3 Å². The second-order valence-electron chi connectivity index (χ2n) is 4.10. The van der Waals surface area contributed by atoms with Crippen molar-refractivity contribution in [2.24, 2.45) is 17.2 Å². The number of benzene rings is 1. The molecule has 1 rings (SSSR count). The third kappa shape index (κ3) is 10.6. The number of nitrogens with two attached hydrogens (primary N) is 3. The first-order chi connectivity index (χ1) is 8.41. The summed E-state index contributed by atoms with van der Waals surface area (Å²) in [6, 6.07) is 10.6. The Morgan fingerprint density at radius 3 is 1.83 bits per heavy atom. The SMILES string of the molecule is C[C@H](N)Cc1ccccc1.NC(=O)CCC(N)=O. The molecule has 0 saturated heterocycles. The minimum atomic E-state index is -0.496. The summed E-state index contributed by atoms with van der Waals surface area (Å²) in [4.78, 5) is 19.8. The molecule has 0 heterocycles. The summed E-state index contributed by atoms with van der Waals surface area (Å²) >= 11 is 0. The van der Waals surface area contributed by atoms with E-state index in [9.17, 15) is 9.59 Å². The standard InChI is InChI=1S/C9H13N.C4H8N2O2/c1-8(10)7-9-5-3-2-4-6-9;5-3(7)1-2-4(6)8/h2-6,8H,7,10H2,1H3;1-2H2,(H2,5,7)(H2,6,8)/t8-;/m0./s1. The van der Waals surface area contributed by atoms with Gasteiger partial charge in [0.2, 0.25) is 11.8 Å². The lowest BCUT2D eigenvalue weighted by Crippen LogP contribution is -2.17. The van der Waals surface area contributed by atoms with Crippen LogP contribution in [0.4, 0.5) is 0 Å². The zero-order chi connectivity index (χ0) is 14.0. The van der Waals surface area contributed by atoms with Gasteiger partial charge in [-0.3, -0.25) is 9.59 Å². The van der Waals surface area contributed by atoms with Crippen molar-refractivity contribution in [3.05, 3.63) is 35.9 Å². The molecule has 0 aliphatic carbocycles. The monoisotopic (exact) mass is 251 g/mol. The normalized spacial score (nSPS) is 11.0. The van der Waals surface area contributed by atoms with Gasteiger partial charge >= 0.3 is 0 Å². The molecular weight excluding hydrogens is 230 g/mol. The summed E-state index contributed by atoms with van der Waals surface area (Å²) in [5.74, 6) is -0.993. The van der Waals surface area contributed by atoms with E-state index in [-0.39, 0.29) is 18.9 Å². The number of rotatable bonds is 5. The van der Waals surface area contributed by atoms with Gasteiger partial charge < -0.3 is 17.2 Å². The topological polar surface area (TPSA) is 112 Å². The minimum Gasteiger partial charge on any atom is -0.370 e. The molecule has 1 aromatic carbocycles. The van der Waals surface area contributed by atoms with E-state index in [0.29, 0.717) is 0 Å². The zero-order valence-corrected chi connectivity index (χ0v) is 10.6. The first-order valence-corrected chi connectivity index (χ1v) is 5.78. The molecule has 0 aliphatic heterocycles. The largest absolute Gasteiger partial charge is 0.370 e. The van der Waals surface area contributed by atoms with E-state index in [4.69, 9.17) is 17.2 Å². The molecule has 5 heteroatoms. The van der Waals surface area contributed by atoms with Crippen molar-refractivity contribution in [1.29, 1.82) is 0 Å². The number of hydrogen-bond donors (Lipinski definition) is 3. The first-order valence-electron chi connectivity index (χ1n) is 5.78. The summed E-state index contributed by atoms with van der Waals surface area (Å²) in [6.45, 7) is 2.02. The molecule has 1 atom stereocenters. The third-order valence-electron chi connectivity index (χ3n) is 2.02. The van der Waals surface area contributed by atoms with Gasteiger partial charge in [0.15, 0.2) is 0 Å². The van der Waals surface area contributed by atoms with Gasteiger partial charge in [-0.2, -0.15) is 0 Å². The van der Waals surface area contributed by atoms with E-state index in [1.54, 1.807) is 0 Å². The van der Waals surface area contributed by atoms with Crippen LogP contribution >= 0.6 is 0 Å². The van der Waals surface area contributed by atoms with Crippen LogP contribution in [0, 0.1) is 0 Å². The van der Waals surface area contributed by atoms with Gasteiger partial charge in [0.25, 0.3) is 0 Å². The lowest BCUT2D eigenvalue weighted by Gasteiger charge is -2.02. The molecular formula is C13H21N3O2. The van der Waals surface area contributed by atoms with E-state index in [1.807, 2.05) is 25.1 Å². The van der Waals surface area contributed by atoms with Crippen LogP contribution < -0.4 is 17.2 Å². The van der Waals surface area contributed by atoms with E-state index in [2.05, 4.69) is 12.1 Å². The fourth-order valence-corrected chi connectivity index (χ4v) is 1.23. The minimum absolute atomic E-state index is 0.0509. The molecule has 5 nitrogen and oxygen atoms in total. The number of carbonyl (C=O) groups excluding carboxylic acids is 2. The molecule has 0 saturated carbocycles. The van der Waals surface area contributed by atoms with Gasteiger partial charge in [-0.05, 0) is 18.9 Å². The van der Waals surface area contributed by atoms with E-state index in [1.165, 1.54) is 5.56 Å². The fourth-order valence-electron chi connectivity index (χ4n) is 1.23. The number of amides is 2. The molecule has 1 aromatic rings. The highest BCUT2D eigenvalue weighted by Gasteiger charge is 1.96. The second kappa shape index (κ2) is 9.18. The quantitative estimate of drug-likeness (QED) is 0.700. The number of hydrogen-bond acceptors (Lipinski definition) is 3. The summed E-state index contributed by atoms with van der Waals surface area (Å²) < 4.78 is 0. The lowest BCUT2D eigenvalue weighted by molar-refractivity contribution is -0.123. The van der Waals surface area contributed by atoms with Crippen molar-refractivity contribution in [3.63, 3.8) is 0 Å². The van der Waals surface area contributed by atoms with Crippen LogP contribution in [0.2, 0.25) is 0 Å². The van der Waals surface area contributed by atoms with Crippen LogP contribution in [-0.4, -0.2) is 17.9 Å². The van der Waals surface area contributed by atoms with Crippen LogP contribution in [0.25, 0.3) is 0 Å². The maximum atomic E-state index is 9.92. The van der Waals surface area contributed by atoms with Crippen molar-refractivity contribution < 1.29 is 9.59 Å². The van der Waals surface area contributed by atoms with Gasteiger partial charge in [0.05, 0.1) is 0 Å². The molecule has 0 radical (unpaired) electrons. The van der Waals surface area contributed by atoms with Crippen molar-refractivity contribution >= 4 is 11.8 Å². The predicted octanol–water partition coefficient (Wildman–Crippen LogP) is 0.314. The molecule has 0 bridgehead atoms. The summed E-state index contributed by atoms with van der Waals surface area (Å²) in [7, 11) is 0. The molecule has 100 valence electrons. The van der Waals surface area contributed by atoms with Crippen LogP contribution in [0.1, 0.15) is 25.3 Å². The van der Waals surface area contributed by atoms with Gasteiger partial charge in [0.1, 0.15) is 0 Å². The Kier molecular flexibility index (Phi) is 8.22. The maximum absolute atomic E-state index is 9.92. The molecule has 0 unspecified atom stereocenters. The Hall–Kier alpha value is -1.88.